The van der Waals surface area contributed by atoms with Crippen LogP contribution in [0.4, 0.5) is 18.9 Å². The number of methoxy groups -OCH3 is 1. The lowest BCUT2D eigenvalue weighted by Gasteiger charge is -2.10. The van der Waals surface area contributed by atoms with Gasteiger partial charge in [-0.2, -0.15) is 0 Å². The Morgan fingerprint density at radius 3 is 2.08 bits per heavy atom. The molecule has 0 radical (unpaired) electrons. The summed E-state index contributed by atoms with van der Waals surface area (Å²) in [6, 6.07) is 11.5. The SMILES string of the molecule is COC(=O)C(=O)Nc1ccc(OCc2ccc(OC(F)(F)F)cc2)cc1. The first kappa shape index (κ1) is 19.1. The van der Waals surface area contributed by atoms with E-state index in [0.29, 0.717) is 17.0 Å². The fraction of sp³-hybridized carbons (Fsp3) is 0.176. The Kier molecular flexibility index (Phi) is 6.05. The molecule has 0 aromatic heterocycles. The molecule has 1 amide bonds. The molecule has 0 atom stereocenters. The van der Waals surface area contributed by atoms with Crippen LogP contribution in [0.3, 0.4) is 0 Å². The number of carbonyl (C=O) groups excluding carboxylic acids is 2. The Balaban J connectivity index is 1.87. The van der Waals surface area contributed by atoms with Crippen LogP contribution in [0.1, 0.15) is 5.56 Å². The lowest BCUT2D eigenvalue weighted by atomic mass is 10.2. The molecule has 0 aliphatic heterocycles. The topological polar surface area (TPSA) is 73.9 Å². The van der Waals surface area contributed by atoms with Crippen molar-refractivity contribution in [2.45, 2.75) is 13.0 Å². The van der Waals surface area contributed by atoms with Crippen molar-refractivity contribution in [3.63, 3.8) is 0 Å². The summed E-state index contributed by atoms with van der Waals surface area (Å²) >= 11 is 0. The maximum Gasteiger partial charge on any atom is 0.573 e. The molecular formula is C17H14F3NO5. The molecule has 0 bridgehead atoms. The van der Waals surface area contributed by atoms with Gasteiger partial charge in [0.05, 0.1) is 7.11 Å². The number of rotatable bonds is 5. The average molecular weight is 369 g/mol. The normalized spacial score (nSPS) is 10.8. The van der Waals surface area contributed by atoms with Crippen LogP contribution in [0.15, 0.2) is 48.5 Å². The van der Waals surface area contributed by atoms with Gasteiger partial charge in [0.2, 0.25) is 0 Å². The van der Waals surface area contributed by atoms with E-state index in [9.17, 15) is 22.8 Å². The van der Waals surface area contributed by atoms with Crippen LogP contribution < -0.4 is 14.8 Å². The highest BCUT2D eigenvalue weighted by atomic mass is 19.4. The molecule has 2 rings (SSSR count). The van der Waals surface area contributed by atoms with E-state index in [0.717, 1.165) is 7.11 Å². The van der Waals surface area contributed by atoms with Crippen LogP contribution in [0, 0.1) is 0 Å². The van der Waals surface area contributed by atoms with Crippen molar-refractivity contribution < 1.29 is 37.0 Å². The summed E-state index contributed by atoms with van der Waals surface area (Å²) in [6.45, 7) is 0.125. The van der Waals surface area contributed by atoms with E-state index in [2.05, 4.69) is 14.8 Å². The van der Waals surface area contributed by atoms with Crippen LogP contribution in [0.25, 0.3) is 0 Å². The van der Waals surface area contributed by atoms with Crippen molar-refractivity contribution in [2.24, 2.45) is 0 Å². The molecule has 0 aliphatic carbocycles. The summed E-state index contributed by atoms with van der Waals surface area (Å²) in [4.78, 5) is 22.4. The van der Waals surface area contributed by atoms with Crippen LogP contribution in [0.5, 0.6) is 11.5 Å². The van der Waals surface area contributed by atoms with Crippen molar-refractivity contribution >= 4 is 17.6 Å². The lowest BCUT2D eigenvalue weighted by molar-refractivity contribution is -0.274. The van der Waals surface area contributed by atoms with Crippen molar-refractivity contribution in [1.82, 2.24) is 0 Å². The maximum atomic E-state index is 12.1. The number of carbonyl (C=O) groups is 2. The van der Waals surface area contributed by atoms with Crippen molar-refractivity contribution in [1.29, 1.82) is 0 Å². The Labute approximate surface area is 146 Å². The van der Waals surface area contributed by atoms with Crippen molar-refractivity contribution in [3.8, 4) is 11.5 Å². The Morgan fingerprint density at radius 1 is 0.962 bits per heavy atom. The number of alkyl halides is 3. The zero-order chi connectivity index (χ0) is 19.2. The molecule has 0 unspecified atom stereocenters. The van der Waals surface area contributed by atoms with E-state index in [4.69, 9.17) is 4.74 Å². The largest absolute Gasteiger partial charge is 0.573 e. The predicted molar refractivity (Wildman–Crippen MR) is 84.5 cm³/mol. The average Bonchev–Trinajstić information content (AvgIpc) is 2.60. The number of amides is 1. The van der Waals surface area contributed by atoms with E-state index in [1.165, 1.54) is 36.4 Å². The van der Waals surface area contributed by atoms with Crippen LogP contribution in [0.2, 0.25) is 0 Å². The number of hydrogen-bond acceptors (Lipinski definition) is 5. The van der Waals surface area contributed by atoms with Crippen molar-refractivity contribution in [3.05, 3.63) is 54.1 Å². The Morgan fingerprint density at radius 2 is 1.54 bits per heavy atom. The molecule has 0 spiro atoms. The van der Waals surface area contributed by atoms with Gasteiger partial charge in [0.25, 0.3) is 0 Å². The van der Waals surface area contributed by atoms with E-state index in [-0.39, 0.29) is 12.4 Å². The first-order valence-corrected chi connectivity index (χ1v) is 7.23. The second-order valence-corrected chi connectivity index (χ2v) is 4.95. The first-order chi connectivity index (χ1) is 12.3. The molecule has 26 heavy (non-hydrogen) atoms. The van der Waals surface area contributed by atoms with Gasteiger partial charge >= 0.3 is 18.2 Å². The van der Waals surface area contributed by atoms with Gasteiger partial charge in [-0.15, -0.1) is 13.2 Å². The minimum atomic E-state index is -4.73. The molecule has 9 heteroatoms. The highest BCUT2D eigenvalue weighted by Crippen LogP contribution is 2.23. The Hall–Kier alpha value is -3.23. The second-order valence-electron chi connectivity index (χ2n) is 4.95. The molecule has 2 aromatic rings. The second kappa shape index (κ2) is 8.24. The predicted octanol–water partition coefficient (Wildman–Crippen LogP) is 3.28. The fourth-order valence-electron chi connectivity index (χ4n) is 1.86. The van der Waals surface area contributed by atoms with E-state index in [1.807, 2.05) is 0 Å². The van der Waals surface area contributed by atoms with Gasteiger partial charge in [0, 0.05) is 5.69 Å². The third kappa shape index (κ3) is 6.00. The first-order valence-electron chi connectivity index (χ1n) is 7.23. The summed E-state index contributed by atoms with van der Waals surface area (Å²) < 4.78 is 49.8. The number of halogens is 3. The molecular weight excluding hydrogens is 355 g/mol. The van der Waals surface area contributed by atoms with Gasteiger partial charge < -0.3 is 19.5 Å². The van der Waals surface area contributed by atoms with Gasteiger partial charge in [-0.3, -0.25) is 4.79 Å². The standard InChI is InChI=1S/C17H14F3NO5/c1-24-16(23)15(22)21-12-4-8-13(9-5-12)25-10-11-2-6-14(7-3-11)26-17(18,19)20/h2-9H,10H2,1H3,(H,21,22). The summed E-state index contributed by atoms with van der Waals surface area (Å²) in [7, 11) is 1.10. The highest BCUT2D eigenvalue weighted by Gasteiger charge is 2.30. The molecule has 138 valence electrons. The zero-order valence-corrected chi connectivity index (χ0v) is 13.5. The smallest absolute Gasteiger partial charge is 0.489 e. The maximum absolute atomic E-state index is 12.1. The van der Waals surface area contributed by atoms with E-state index in [1.54, 1.807) is 12.1 Å². The monoisotopic (exact) mass is 369 g/mol. The van der Waals surface area contributed by atoms with Gasteiger partial charge in [0.15, 0.2) is 0 Å². The number of hydrogen-bond donors (Lipinski definition) is 1. The lowest BCUT2D eigenvalue weighted by Crippen LogP contribution is -2.23. The molecule has 1 N–H and O–H groups in total. The van der Waals surface area contributed by atoms with Gasteiger partial charge in [-0.05, 0) is 42.0 Å². The Bertz CT molecular complexity index is 757. The molecule has 0 heterocycles. The molecule has 0 saturated carbocycles. The summed E-state index contributed by atoms with van der Waals surface area (Å²) in [5, 5.41) is 2.34. The minimum Gasteiger partial charge on any atom is -0.489 e. The molecule has 6 nitrogen and oxygen atoms in total. The summed E-state index contributed by atoms with van der Waals surface area (Å²) in [5.41, 5.74) is 1.02. The van der Waals surface area contributed by atoms with E-state index < -0.39 is 18.2 Å². The van der Waals surface area contributed by atoms with Crippen LogP contribution in [-0.4, -0.2) is 25.3 Å². The number of ether oxygens (including phenoxy) is 3. The molecule has 2 aromatic carbocycles. The summed E-state index contributed by atoms with van der Waals surface area (Å²) in [6.07, 6.45) is -4.73. The quantitative estimate of drug-likeness (QED) is 0.647. The molecule has 0 aliphatic rings. The molecule has 0 saturated heterocycles. The number of nitrogens with one attached hydrogen (secondary N) is 1. The van der Waals surface area contributed by atoms with Gasteiger partial charge in [-0.25, -0.2) is 4.79 Å². The number of esters is 1. The fourth-order valence-corrected chi connectivity index (χ4v) is 1.86. The third-order valence-electron chi connectivity index (χ3n) is 3.05. The number of anilines is 1. The molecule has 0 fully saturated rings. The van der Waals surface area contributed by atoms with Gasteiger partial charge in [0.1, 0.15) is 18.1 Å². The minimum absolute atomic E-state index is 0.125. The van der Waals surface area contributed by atoms with Crippen LogP contribution in [-0.2, 0) is 20.9 Å². The van der Waals surface area contributed by atoms with E-state index >= 15 is 0 Å². The summed E-state index contributed by atoms with van der Waals surface area (Å²) in [5.74, 6) is -1.76. The van der Waals surface area contributed by atoms with Crippen molar-refractivity contribution in [2.75, 3.05) is 12.4 Å². The zero-order valence-electron chi connectivity index (χ0n) is 13.5. The highest BCUT2D eigenvalue weighted by molar-refractivity contribution is 6.37. The van der Waals surface area contributed by atoms with Gasteiger partial charge in [-0.1, -0.05) is 12.1 Å². The third-order valence-corrected chi connectivity index (χ3v) is 3.05. The number of benzene rings is 2. The van der Waals surface area contributed by atoms with Crippen LogP contribution >= 0.6 is 0 Å².